The van der Waals surface area contributed by atoms with Gasteiger partial charge in [0.1, 0.15) is 5.54 Å². The van der Waals surface area contributed by atoms with Crippen molar-refractivity contribution in [3.63, 3.8) is 0 Å². The van der Waals surface area contributed by atoms with Gasteiger partial charge in [-0.1, -0.05) is 26.7 Å². The van der Waals surface area contributed by atoms with Crippen LogP contribution in [0.3, 0.4) is 0 Å². The Kier molecular flexibility index (Phi) is 5.20. The minimum Gasteiger partial charge on any atom is -0.480 e. The van der Waals surface area contributed by atoms with E-state index in [1.165, 1.54) is 19.3 Å². The number of aliphatic carboxylic acids is 1. The van der Waals surface area contributed by atoms with Crippen molar-refractivity contribution < 1.29 is 9.90 Å². The smallest absolute Gasteiger partial charge is 0.323 e. The number of hydrogen-bond donors (Lipinski definition) is 1. The van der Waals surface area contributed by atoms with E-state index >= 15 is 0 Å². The summed E-state index contributed by atoms with van der Waals surface area (Å²) in [6, 6.07) is 0.417. The zero-order valence-corrected chi connectivity index (χ0v) is 12.6. The maximum atomic E-state index is 11.3. The molecular formula is C15H29NO2. The SMILES string of the molecule is CC(C)C1CCCC(N(C)C(C)(C)C(=O)O)CC1. The number of carboxylic acids is 1. The van der Waals surface area contributed by atoms with Crippen LogP contribution in [-0.4, -0.2) is 34.6 Å². The van der Waals surface area contributed by atoms with Crippen LogP contribution >= 0.6 is 0 Å². The van der Waals surface area contributed by atoms with Crippen molar-refractivity contribution in [1.29, 1.82) is 0 Å². The molecule has 0 aliphatic heterocycles. The largest absolute Gasteiger partial charge is 0.480 e. The highest BCUT2D eigenvalue weighted by molar-refractivity contribution is 5.77. The molecule has 3 nitrogen and oxygen atoms in total. The molecule has 0 bridgehead atoms. The maximum Gasteiger partial charge on any atom is 0.323 e. The van der Waals surface area contributed by atoms with Crippen LogP contribution in [0.25, 0.3) is 0 Å². The summed E-state index contributed by atoms with van der Waals surface area (Å²) in [6.07, 6.45) is 6.04. The summed E-state index contributed by atoms with van der Waals surface area (Å²) in [6.45, 7) is 8.21. The fourth-order valence-electron chi connectivity index (χ4n) is 2.97. The van der Waals surface area contributed by atoms with Gasteiger partial charge in [0.05, 0.1) is 0 Å². The summed E-state index contributed by atoms with van der Waals surface area (Å²) >= 11 is 0. The Bertz CT molecular complexity index is 286. The van der Waals surface area contributed by atoms with Crippen molar-refractivity contribution >= 4 is 5.97 Å². The van der Waals surface area contributed by atoms with Gasteiger partial charge in [-0.2, -0.15) is 0 Å². The molecule has 0 radical (unpaired) electrons. The van der Waals surface area contributed by atoms with Crippen LogP contribution in [0.2, 0.25) is 0 Å². The van der Waals surface area contributed by atoms with E-state index in [1.807, 2.05) is 7.05 Å². The molecule has 1 saturated carbocycles. The zero-order valence-electron chi connectivity index (χ0n) is 12.6. The quantitative estimate of drug-likeness (QED) is 0.783. The molecule has 18 heavy (non-hydrogen) atoms. The van der Waals surface area contributed by atoms with Crippen LogP contribution in [-0.2, 0) is 4.79 Å². The third kappa shape index (κ3) is 3.47. The third-order valence-corrected chi connectivity index (χ3v) is 4.88. The lowest BCUT2D eigenvalue weighted by molar-refractivity contribution is -0.150. The van der Waals surface area contributed by atoms with Gasteiger partial charge in [-0.05, 0) is 52.0 Å². The molecule has 2 atom stereocenters. The summed E-state index contributed by atoms with van der Waals surface area (Å²) in [4.78, 5) is 13.4. The Labute approximate surface area is 112 Å². The zero-order chi connectivity index (χ0) is 13.9. The van der Waals surface area contributed by atoms with E-state index in [9.17, 15) is 9.90 Å². The summed E-state index contributed by atoms with van der Waals surface area (Å²) in [5.41, 5.74) is -0.762. The van der Waals surface area contributed by atoms with Crippen LogP contribution in [0.5, 0.6) is 0 Å². The molecule has 0 amide bonds. The van der Waals surface area contributed by atoms with Crippen LogP contribution in [0.15, 0.2) is 0 Å². The second-order valence-electron chi connectivity index (χ2n) is 6.64. The molecule has 1 aliphatic rings. The molecule has 106 valence electrons. The lowest BCUT2D eigenvalue weighted by Gasteiger charge is -2.38. The van der Waals surface area contributed by atoms with E-state index in [2.05, 4.69) is 18.7 Å². The first-order valence-electron chi connectivity index (χ1n) is 7.23. The topological polar surface area (TPSA) is 40.5 Å². The average molecular weight is 255 g/mol. The van der Waals surface area contributed by atoms with Gasteiger partial charge in [0.15, 0.2) is 0 Å². The van der Waals surface area contributed by atoms with Crippen LogP contribution in [0, 0.1) is 11.8 Å². The normalized spacial score (nSPS) is 26.4. The van der Waals surface area contributed by atoms with Crippen molar-refractivity contribution in [2.45, 2.75) is 71.4 Å². The molecule has 2 unspecified atom stereocenters. The summed E-state index contributed by atoms with van der Waals surface area (Å²) in [7, 11) is 1.97. The first-order chi connectivity index (χ1) is 8.26. The second kappa shape index (κ2) is 6.05. The Morgan fingerprint density at radius 1 is 1.22 bits per heavy atom. The lowest BCUT2D eigenvalue weighted by Crippen LogP contribution is -2.52. The lowest BCUT2D eigenvalue weighted by atomic mass is 9.89. The van der Waals surface area contributed by atoms with Crippen molar-refractivity contribution in [1.82, 2.24) is 4.90 Å². The first-order valence-corrected chi connectivity index (χ1v) is 7.23. The Balaban J connectivity index is 2.65. The van der Waals surface area contributed by atoms with Crippen molar-refractivity contribution in [2.24, 2.45) is 11.8 Å². The summed E-state index contributed by atoms with van der Waals surface area (Å²) in [5, 5.41) is 9.31. The fraction of sp³-hybridized carbons (Fsp3) is 0.933. The van der Waals surface area contributed by atoms with E-state index in [4.69, 9.17) is 0 Å². The van der Waals surface area contributed by atoms with Gasteiger partial charge in [-0.15, -0.1) is 0 Å². The highest BCUT2D eigenvalue weighted by atomic mass is 16.4. The highest BCUT2D eigenvalue weighted by Gasteiger charge is 2.36. The first kappa shape index (κ1) is 15.5. The standard InChI is InChI=1S/C15H29NO2/c1-11(2)12-7-6-8-13(10-9-12)16(5)15(3,4)14(17)18/h11-13H,6-10H2,1-5H3,(H,17,18). The minimum absolute atomic E-state index is 0.417. The number of carboxylic acid groups (broad SMARTS) is 1. The molecule has 1 aliphatic carbocycles. The minimum atomic E-state index is -0.762. The van der Waals surface area contributed by atoms with Crippen LogP contribution in [0.1, 0.15) is 59.8 Å². The molecule has 0 aromatic carbocycles. The van der Waals surface area contributed by atoms with E-state index in [1.54, 1.807) is 13.8 Å². The third-order valence-electron chi connectivity index (χ3n) is 4.88. The van der Waals surface area contributed by atoms with E-state index in [0.717, 1.165) is 24.7 Å². The predicted molar refractivity (Wildman–Crippen MR) is 74.7 cm³/mol. The molecule has 0 aromatic rings. The molecule has 0 spiro atoms. The Hall–Kier alpha value is -0.570. The van der Waals surface area contributed by atoms with Crippen molar-refractivity contribution in [2.75, 3.05) is 7.05 Å². The second-order valence-corrected chi connectivity index (χ2v) is 6.64. The Morgan fingerprint density at radius 2 is 1.83 bits per heavy atom. The van der Waals surface area contributed by atoms with E-state index in [0.29, 0.717) is 6.04 Å². The monoisotopic (exact) mass is 255 g/mol. The molecule has 1 rings (SSSR count). The molecule has 3 heteroatoms. The Morgan fingerprint density at radius 3 is 2.33 bits per heavy atom. The molecule has 0 aromatic heterocycles. The molecule has 0 saturated heterocycles. The van der Waals surface area contributed by atoms with Gasteiger partial charge < -0.3 is 5.11 Å². The summed E-state index contributed by atoms with van der Waals surface area (Å²) < 4.78 is 0. The van der Waals surface area contributed by atoms with Gasteiger partial charge in [0, 0.05) is 6.04 Å². The number of rotatable bonds is 4. The average Bonchev–Trinajstić information content (AvgIpc) is 2.52. The van der Waals surface area contributed by atoms with Crippen molar-refractivity contribution in [3.8, 4) is 0 Å². The molecule has 0 heterocycles. The fourth-order valence-corrected chi connectivity index (χ4v) is 2.97. The molecule has 1 N–H and O–H groups in total. The van der Waals surface area contributed by atoms with Crippen molar-refractivity contribution in [3.05, 3.63) is 0 Å². The maximum absolute atomic E-state index is 11.3. The number of carbonyl (C=O) groups is 1. The van der Waals surface area contributed by atoms with Gasteiger partial charge in [-0.25, -0.2) is 0 Å². The predicted octanol–water partition coefficient (Wildman–Crippen LogP) is 3.39. The van der Waals surface area contributed by atoms with E-state index < -0.39 is 11.5 Å². The highest BCUT2D eigenvalue weighted by Crippen LogP contribution is 2.32. The van der Waals surface area contributed by atoms with E-state index in [-0.39, 0.29) is 0 Å². The number of nitrogens with zero attached hydrogens (tertiary/aromatic N) is 1. The van der Waals surface area contributed by atoms with Crippen LogP contribution < -0.4 is 0 Å². The molecular weight excluding hydrogens is 226 g/mol. The van der Waals surface area contributed by atoms with Crippen LogP contribution in [0.4, 0.5) is 0 Å². The van der Waals surface area contributed by atoms with Gasteiger partial charge >= 0.3 is 5.97 Å². The molecule has 1 fully saturated rings. The summed E-state index contributed by atoms with van der Waals surface area (Å²) in [5.74, 6) is 0.840. The number of hydrogen-bond acceptors (Lipinski definition) is 2. The number of likely N-dealkylation sites (N-methyl/N-ethyl adjacent to an activating group) is 1. The van der Waals surface area contributed by atoms with Gasteiger partial charge in [-0.3, -0.25) is 9.69 Å². The van der Waals surface area contributed by atoms with Gasteiger partial charge in [0.25, 0.3) is 0 Å². The van der Waals surface area contributed by atoms with Gasteiger partial charge in [0.2, 0.25) is 0 Å².